The molecule has 0 saturated heterocycles. The number of ether oxygens (including phenoxy) is 2. The topological polar surface area (TPSA) is 18.5 Å². The van der Waals surface area contributed by atoms with Crippen LogP contribution in [0.5, 0.6) is 5.75 Å². The molecule has 0 N–H and O–H groups in total. The van der Waals surface area contributed by atoms with E-state index in [0.717, 1.165) is 5.75 Å². The summed E-state index contributed by atoms with van der Waals surface area (Å²) in [5.74, 6) is 1.75. The van der Waals surface area contributed by atoms with Gasteiger partial charge in [0.2, 0.25) is 0 Å². The van der Waals surface area contributed by atoms with E-state index < -0.39 is 0 Å². The molecule has 1 aliphatic carbocycles. The van der Waals surface area contributed by atoms with E-state index in [2.05, 4.69) is 24.3 Å². The largest absolute Gasteiger partial charge is 0.491 e. The second-order valence-electron chi connectivity index (χ2n) is 5.29. The SMILES string of the molecule is CC(C)OCCOc1ccccc1C1CCCC1. The molecule has 0 aromatic heterocycles. The molecule has 0 amide bonds. The molecule has 100 valence electrons. The molecule has 0 spiro atoms. The molecule has 1 aromatic carbocycles. The van der Waals surface area contributed by atoms with Gasteiger partial charge in [0.15, 0.2) is 0 Å². The van der Waals surface area contributed by atoms with Gasteiger partial charge in [-0.2, -0.15) is 0 Å². The third-order valence-corrected chi connectivity index (χ3v) is 3.51. The normalized spacial score (nSPS) is 16.4. The molecule has 0 heterocycles. The molecule has 2 rings (SSSR count). The fourth-order valence-electron chi connectivity index (χ4n) is 2.62. The van der Waals surface area contributed by atoms with Crippen LogP contribution in [-0.2, 0) is 4.74 Å². The highest BCUT2D eigenvalue weighted by molar-refractivity contribution is 5.36. The number of para-hydroxylation sites is 1. The summed E-state index contributed by atoms with van der Waals surface area (Å²) in [6, 6.07) is 8.47. The van der Waals surface area contributed by atoms with Crippen LogP contribution in [0.1, 0.15) is 51.0 Å². The van der Waals surface area contributed by atoms with Gasteiger partial charge in [0, 0.05) is 0 Å². The maximum atomic E-state index is 5.87. The first-order chi connectivity index (χ1) is 8.77. The Labute approximate surface area is 110 Å². The summed E-state index contributed by atoms with van der Waals surface area (Å²) < 4.78 is 11.4. The van der Waals surface area contributed by atoms with Crippen molar-refractivity contribution in [2.24, 2.45) is 0 Å². The van der Waals surface area contributed by atoms with Crippen LogP contribution in [0.25, 0.3) is 0 Å². The van der Waals surface area contributed by atoms with Crippen molar-refractivity contribution in [2.45, 2.75) is 51.6 Å². The molecule has 0 bridgehead atoms. The summed E-state index contributed by atoms with van der Waals surface area (Å²) in [6.45, 7) is 5.40. The molecule has 1 aliphatic rings. The first kappa shape index (κ1) is 13.4. The first-order valence-electron chi connectivity index (χ1n) is 7.10. The minimum absolute atomic E-state index is 0.277. The minimum atomic E-state index is 0.277. The maximum absolute atomic E-state index is 5.87. The summed E-state index contributed by atoms with van der Waals surface area (Å²) in [4.78, 5) is 0. The fraction of sp³-hybridized carbons (Fsp3) is 0.625. The summed E-state index contributed by atoms with van der Waals surface area (Å²) in [5.41, 5.74) is 1.39. The van der Waals surface area contributed by atoms with Gasteiger partial charge in [0.1, 0.15) is 12.4 Å². The molecule has 2 nitrogen and oxygen atoms in total. The Morgan fingerprint density at radius 3 is 2.56 bits per heavy atom. The van der Waals surface area contributed by atoms with E-state index in [1.165, 1.54) is 31.2 Å². The lowest BCUT2D eigenvalue weighted by Gasteiger charge is -2.16. The van der Waals surface area contributed by atoms with Crippen LogP contribution in [0.4, 0.5) is 0 Å². The van der Waals surface area contributed by atoms with Crippen molar-refractivity contribution >= 4 is 0 Å². The summed E-state index contributed by atoms with van der Waals surface area (Å²) in [5, 5.41) is 0. The highest BCUT2D eigenvalue weighted by atomic mass is 16.5. The second-order valence-corrected chi connectivity index (χ2v) is 5.29. The smallest absolute Gasteiger partial charge is 0.122 e. The second kappa shape index (κ2) is 6.79. The zero-order chi connectivity index (χ0) is 12.8. The lowest BCUT2D eigenvalue weighted by atomic mass is 9.97. The van der Waals surface area contributed by atoms with Crippen LogP contribution in [0, 0.1) is 0 Å². The quantitative estimate of drug-likeness (QED) is 0.704. The Hall–Kier alpha value is -1.02. The number of rotatable bonds is 6. The zero-order valence-electron chi connectivity index (χ0n) is 11.5. The van der Waals surface area contributed by atoms with Gasteiger partial charge >= 0.3 is 0 Å². The molecule has 18 heavy (non-hydrogen) atoms. The third-order valence-electron chi connectivity index (χ3n) is 3.51. The van der Waals surface area contributed by atoms with Crippen molar-refractivity contribution in [1.82, 2.24) is 0 Å². The van der Waals surface area contributed by atoms with Crippen molar-refractivity contribution in [3.63, 3.8) is 0 Å². The molecule has 1 fully saturated rings. The van der Waals surface area contributed by atoms with Crippen LogP contribution in [0.15, 0.2) is 24.3 Å². The number of hydrogen-bond acceptors (Lipinski definition) is 2. The molecular weight excluding hydrogens is 224 g/mol. The van der Waals surface area contributed by atoms with Crippen LogP contribution in [0.2, 0.25) is 0 Å². The van der Waals surface area contributed by atoms with Gasteiger partial charge in [-0.25, -0.2) is 0 Å². The van der Waals surface area contributed by atoms with Gasteiger partial charge in [0.25, 0.3) is 0 Å². The molecule has 0 radical (unpaired) electrons. The fourth-order valence-corrected chi connectivity index (χ4v) is 2.62. The first-order valence-corrected chi connectivity index (χ1v) is 7.10. The lowest BCUT2D eigenvalue weighted by Crippen LogP contribution is -2.12. The zero-order valence-corrected chi connectivity index (χ0v) is 11.5. The monoisotopic (exact) mass is 248 g/mol. The maximum Gasteiger partial charge on any atom is 0.122 e. The van der Waals surface area contributed by atoms with Gasteiger partial charge in [-0.15, -0.1) is 0 Å². The van der Waals surface area contributed by atoms with E-state index in [1.807, 2.05) is 13.8 Å². The van der Waals surface area contributed by atoms with Gasteiger partial charge < -0.3 is 9.47 Å². The van der Waals surface area contributed by atoms with E-state index in [1.54, 1.807) is 0 Å². The predicted octanol–water partition coefficient (Wildman–Crippen LogP) is 4.15. The van der Waals surface area contributed by atoms with E-state index in [-0.39, 0.29) is 6.10 Å². The minimum Gasteiger partial charge on any atom is -0.491 e. The van der Waals surface area contributed by atoms with Crippen LogP contribution in [0.3, 0.4) is 0 Å². The Kier molecular flexibility index (Phi) is 5.06. The van der Waals surface area contributed by atoms with Crippen molar-refractivity contribution in [1.29, 1.82) is 0 Å². The third kappa shape index (κ3) is 3.74. The average molecular weight is 248 g/mol. The lowest BCUT2D eigenvalue weighted by molar-refractivity contribution is 0.0550. The summed E-state index contributed by atoms with van der Waals surface area (Å²) in [6.07, 6.45) is 5.61. The van der Waals surface area contributed by atoms with Crippen molar-refractivity contribution < 1.29 is 9.47 Å². The van der Waals surface area contributed by atoms with Gasteiger partial charge in [0.05, 0.1) is 12.7 Å². The number of hydrogen-bond donors (Lipinski definition) is 0. The number of benzene rings is 1. The van der Waals surface area contributed by atoms with E-state index in [0.29, 0.717) is 19.1 Å². The standard InChI is InChI=1S/C16H24O2/c1-13(2)17-11-12-18-16-10-6-5-9-15(16)14-7-3-4-8-14/h5-6,9-10,13-14H,3-4,7-8,11-12H2,1-2H3. The highest BCUT2D eigenvalue weighted by Crippen LogP contribution is 2.38. The van der Waals surface area contributed by atoms with Gasteiger partial charge in [-0.05, 0) is 44.2 Å². The van der Waals surface area contributed by atoms with E-state index in [9.17, 15) is 0 Å². The van der Waals surface area contributed by atoms with Crippen molar-refractivity contribution in [3.8, 4) is 5.75 Å². The van der Waals surface area contributed by atoms with E-state index in [4.69, 9.17) is 9.47 Å². The van der Waals surface area contributed by atoms with Crippen LogP contribution < -0.4 is 4.74 Å². The molecular formula is C16H24O2. The van der Waals surface area contributed by atoms with Crippen LogP contribution in [-0.4, -0.2) is 19.3 Å². The Morgan fingerprint density at radius 1 is 1.11 bits per heavy atom. The molecule has 0 aliphatic heterocycles. The highest BCUT2D eigenvalue weighted by Gasteiger charge is 2.20. The van der Waals surface area contributed by atoms with Crippen molar-refractivity contribution in [2.75, 3.05) is 13.2 Å². The van der Waals surface area contributed by atoms with Crippen LogP contribution >= 0.6 is 0 Å². The Bertz CT molecular complexity index is 354. The summed E-state index contributed by atoms with van der Waals surface area (Å²) >= 11 is 0. The molecule has 1 saturated carbocycles. The Balaban J connectivity index is 1.90. The predicted molar refractivity (Wildman–Crippen MR) is 74.2 cm³/mol. The van der Waals surface area contributed by atoms with Crippen molar-refractivity contribution in [3.05, 3.63) is 29.8 Å². The molecule has 0 atom stereocenters. The van der Waals surface area contributed by atoms with Gasteiger partial charge in [-0.3, -0.25) is 0 Å². The molecule has 0 unspecified atom stereocenters. The van der Waals surface area contributed by atoms with Gasteiger partial charge in [-0.1, -0.05) is 31.0 Å². The average Bonchev–Trinajstić information content (AvgIpc) is 2.88. The van der Waals surface area contributed by atoms with E-state index >= 15 is 0 Å². The molecule has 2 heteroatoms. The summed E-state index contributed by atoms with van der Waals surface area (Å²) in [7, 11) is 0. The molecule has 1 aromatic rings. The Morgan fingerprint density at radius 2 is 1.83 bits per heavy atom.